The van der Waals surface area contributed by atoms with Gasteiger partial charge in [0.2, 0.25) is 11.8 Å². The fourth-order valence-electron chi connectivity index (χ4n) is 1.55. The second-order valence-electron chi connectivity index (χ2n) is 3.62. The van der Waals surface area contributed by atoms with Crippen LogP contribution in [0.25, 0.3) is 0 Å². The zero-order valence-corrected chi connectivity index (χ0v) is 8.70. The molecule has 0 radical (unpaired) electrons. The topological polar surface area (TPSA) is 75.3 Å². The van der Waals surface area contributed by atoms with Crippen LogP contribution in [0.4, 0.5) is 4.39 Å². The summed E-state index contributed by atoms with van der Waals surface area (Å²) in [7, 11) is 0. The van der Waals surface area contributed by atoms with Crippen LogP contribution in [0.3, 0.4) is 0 Å². The van der Waals surface area contributed by atoms with Crippen LogP contribution in [-0.2, 0) is 9.59 Å². The lowest BCUT2D eigenvalue weighted by molar-refractivity contribution is -0.125. The van der Waals surface area contributed by atoms with E-state index in [1.54, 1.807) is 0 Å². The molecule has 1 aliphatic heterocycles. The van der Waals surface area contributed by atoms with Crippen LogP contribution in [0.1, 0.15) is 16.8 Å². The van der Waals surface area contributed by atoms with Crippen LogP contribution in [0.5, 0.6) is 0 Å². The summed E-state index contributed by atoms with van der Waals surface area (Å²) >= 11 is 0. The first-order valence-corrected chi connectivity index (χ1v) is 4.97. The monoisotopic (exact) mass is 236 g/mol. The molecule has 0 aliphatic carbocycles. The number of rotatable bonds is 2. The van der Waals surface area contributed by atoms with Gasteiger partial charge < -0.3 is 5.32 Å². The van der Waals surface area contributed by atoms with Crippen molar-refractivity contribution in [2.75, 3.05) is 0 Å². The van der Waals surface area contributed by atoms with Crippen molar-refractivity contribution < 1.29 is 18.8 Å². The van der Waals surface area contributed by atoms with Gasteiger partial charge in [-0.15, -0.1) is 0 Å². The smallest absolute Gasteiger partial charge is 0.254 e. The molecule has 1 atom stereocenters. The predicted molar refractivity (Wildman–Crippen MR) is 55.4 cm³/mol. The molecule has 0 aromatic heterocycles. The molecule has 1 unspecified atom stereocenters. The van der Waals surface area contributed by atoms with E-state index in [4.69, 9.17) is 0 Å². The Balaban J connectivity index is 2.10. The first-order valence-electron chi connectivity index (χ1n) is 4.97. The second kappa shape index (κ2) is 4.32. The number of hydrogen-bond donors (Lipinski definition) is 2. The normalized spacial score (nSPS) is 19.0. The number of carbonyl (C=O) groups is 3. The number of halogens is 1. The standard InChI is InChI=1S/C11H9FN2O3/c12-7-4-2-1-3-6(7)10(16)13-8-5-9(15)14-11(8)17/h1-4,8H,5H2,(H,13,16)(H,14,15,17). The molecule has 0 spiro atoms. The van der Waals surface area contributed by atoms with Crippen molar-refractivity contribution in [2.24, 2.45) is 0 Å². The summed E-state index contributed by atoms with van der Waals surface area (Å²) in [6.07, 6.45) is -0.112. The van der Waals surface area contributed by atoms with Gasteiger partial charge in [0.1, 0.15) is 11.9 Å². The van der Waals surface area contributed by atoms with E-state index < -0.39 is 29.6 Å². The van der Waals surface area contributed by atoms with Gasteiger partial charge in [-0.1, -0.05) is 12.1 Å². The molecule has 1 aromatic rings. The van der Waals surface area contributed by atoms with E-state index in [9.17, 15) is 18.8 Å². The molecule has 1 aromatic carbocycles. The molecular weight excluding hydrogens is 227 g/mol. The summed E-state index contributed by atoms with van der Waals surface area (Å²) in [5.41, 5.74) is -0.153. The molecule has 88 valence electrons. The van der Waals surface area contributed by atoms with E-state index in [0.717, 1.165) is 6.07 Å². The van der Waals surface area contributed by atoms with E-state index in [-0.39, 0.29) is 12.0 Å². The van der Waals surface area contributed by atoms with Gasteiger partial charge in [-0.3, -0.25) is 19.7 Å². The number of benzene rings is 1. The molecule has 0 saturated carbocycles. The Kier molecular flexibility index (Phi) is 2.86. The summed E-state index contributed by atoms with van der Waals surface area (Å²) in [5, 5.41) is 4.36. The van der Waals surface area contributed by atoms with Crippen molar-refractivity contribution in [3.05, 3.63) is 35.6 Å². The quantitative estimate of drug-likeness (QED) is 0.708. The first-order chi connectivity index (χ1) is 8.08. The third-order valence-electron chi connectivity index (χ3n) is 2.39. The summed E-state index contributed by atoms with van der Waals surface area (Å²) < 4.78 is 13.3. The molecule has 2 N–H and O–H groups in total. The summed E-state index contributed by atoms with van der Waals surface area (Å²) in [4.78, 5) is 33.7. The van der Waals surface area contributed by atoms with Gasteiger partial charge in [0.25, 0.3) is 5.91 Å². The Morgan fingerprint density at radius 3 is 2.65 bits per heavy atom. The molecule has 1 aliphatic rings. The predicted octanol–water partition coefficient (Wildman–Crippen LogP) is -0.0294. The summed E-state index contributed by atoms with van der Waals surface area (Å²) in [6, 6.07) is 4.50. The fourth-order valence-corrected chi connectivity index (χ4v) is 1.55. The van der Waals surface area contributed by atoms with Gasteiger partial charge in [-0.2, -0.15) is 0 Å². The van der Waals surface area contributed by atoms with Crippen LogP contribution in [0.2, 0.25) is 0 Å². The minimum Gasteiger partial charge on any atom is -0.340 e. The SMILES string of the molecule is O=C1CC(NC(=O)c2ccccc2F)C(=O)N1. The number of amides is 3. The highest BCUT2D eigenvalue weighted by molar-refractivity contribution is 6.08. The van der Waals surface area contributed by atoms with Crippen LogP contribution < -0.4 is 10.6 Å². The van der Waals surface area contributed by atoms with Crippen molar-refractivity contribution >= 4 is 17.7 Å². The van der Waals surface area contributed by atoms with Crippen LogP contribution in [-0.4, -0.2) is 23.8 Å². The number of carbonyl (C=O) groups excluding carboxylic acids is 3. The highest BCUT2D eigenvalue weighted by atomic mass is 19.1. The third-order valence-corrected chi connectivity index (χ3v) is 2.39. The summed E-state index contributed by atoms with van der Waals surface area (Å²) in [6.45, 7) is 0. The molecular formula is C11H9FN2O3. The molecule has 17 heavy (non-hydrogen) atoms. The first kappa shape index (κ1) is 11.3. The maximum absolute atomic E-state index is 13.3. The average Bonchev–Trinajstić information content (AvgIpc) is 2.58. The molecule has 1 heterocycles. The molecule has 0 bridgehead atoms. The van der Waals surface area contributed by atoms with Crippen LogP contribution >= 0.6 is 0 Å². The maximum Gasteiger partial charge on any atom is 0.254 e. The van der Waals surface area contributed by atoms with Crippen LogP contribution in [0.15, 0.2) is 24.3 Å². The summed E-state index contributed by atoms with van der Waals surface area (Å²) in [5.74, 6) is -2.40. The Hall–Kier alpha value is -2.24. The van der Waals surface area contributed by atoms with Crippen molar-refractivity contribution in [1.82, 2.24) is 10.6 Å². The van der Waals surface area contributed by atoms with Gasteiger partial charge >= 0.3 is 0 Å². The van der Waals surface area contributed by atoms with E-state index in [0.29, 0.717) is 0 Å². The second-order valence-corrected chi connectivity index (χ2v) is 3.62. The lowest BCUT2D eigenvalue weighted by atomic mass is 10.1. The highest BCUT2D eigenvalue weighted by Crippen LogP contribution is 2.08. The number of hydrogen-bond acceptors (Lipinski definition) is 3. The fraction of sp³-hybridized carbons (Fsp3) is 0.182. The number of nitrogens with one attached hydrogen (secondary N) is 2. The van der Waals surface area contributed by atoms with Crippen molar-refractivity contribution in [1.29, 1.82) is 0 Å². The lowest BCUT2D eigenvalue weighted by Gasteiger charge is -2.09. The zero-order valence-electron chi connectivity index (χ0n) is 8.70. The van der Waals surface area contributed by atoms with Crippen molar-refractivity contribution in [3.8, 4) is 0 Å². The minimum atomic E-state index is -0.922. The lowest BCUT2D eigenvalue weighted by Crippen LogP contribution is -2.40. The highest BCUT2D eigenvalue weighted by Gasteiger charge is 2.32. The Labute approximate surface area is 96.0 Å². The molecule has 1 saturated heterocycles. The van der Waals surface area contributed by atoms with E-state index in [1.807, 2.05) is 0 Å². The minimum absolute atomic E-state index is 0.112. The molecule has 6 heteroatoms. The van der Waals surface area contributed by atoms with Gasteiger partial charge in [-0.05, 0) is 12.1 Å². The van der Waals surface area contributed by atoms with Crippen LogP contribution in [0, 0.1) is 5.82 Å². The molecule has 5 nitrogen and oxygen atoms in total. The molecule has 2 rings (SSSR count). The Morgan fingerprint density at radius 1 is 1.35 bits per heavy atom. The largest absolute Gasteiger partial charge is 0.340 e. The third kappa shape index (κ3) is 2.30. The van der Waals surface area contributed by atoms with Crippen molar-refractivity contribution in [2.45, 2.75) is 12.5 Å². The number of imide groups is 1. The molecule has 1 fully saturated rings. The Morgan fingerprint density at radius 2 is 2.06 bits per heavy atom. The van der Waals surface area contributed by atoms with E-state index in [1.165, 1.54) is 18.2 Å². The zero-order chi connectivity index (χ0) is 12.4. The maximum atomic E-state index is 13.3. The van der Waals surface area contributed by atoms with Gasteiger partial charge in [0.05, 0.1) is 12.0 Å². The molecule has 3 amide bonds. The van der Waals surface area contributed by atoms with E-state index >= 15 is 0 Å². The van der Waals surface area contributed by atoms with Gasteiger partial charge in [-0.25, -0.2) is 4.39 Å². The van der Waals surface area contributed by atoms with E-state index in [2.05, 4.69) is 10.6 Å². The Bertz CT molecular complexity index is 501. The average molecular weight is 236 g/mol. The van der Waals surface area contributed by atoms with Gasteiger partial charge in [0, 0.05) is 0 Å². The van der Waals surface area contributed by atoms with Crippen molar-refractivity contribution in [3.63, 3.8) is 0 Å². The van der Waals surface area contributed by atoms with Gasteiger partial charge in [0.15, 0.2) is 0 Å².